The van der Waals surface area contributed by atoms with E-state index in [1.807, 2.05) is 0 Å². The van der Waals surface area contributed by atoms with Gasteiger partial charge in [-0.2, -0.15) is 0 Å². The van der Waals surface area contributed by atoms with Crippen LogP contribution in [0.1, 0.15) is 26.7 Å². The topological polar surface area (TPSA) is 46.2 Å². The minimum Gasteiger partial charge on any atom is -0.211 e. The molecule has 1 aromatic carbocycles. The van der Waals surface area contributed by atoms with Crippen LogP contribution in [0.15, 0.2) is 27.6 Å². The van der Waals surface area contributed by atoms with Crippen molar-refractivity contribution in [3.8, 4) is 0 Å². The third-order valence-electron chi connectivity index (χ3n) is 3.93. The normalized spacial score (nSPS) is 17.7. The van der Waals surface area contributed by atoms with Crippen LogP contribution in [0, 0.1) is 11.3 Å². The lowest BCUT2D eigenvalue weighted by molar-refractivity contribution is 0.357. The summed E-state index contributed by atoms with van der Waals surface area (Å²) in [5.74, 6) is 0.493. The molecule has 1 aromatic rings. The van der Waals surface area contributed by atoms with Gasteiger partial charge >= 0.3 is 0 Å². The molecule has 0 spiro atoms. The van der Waals surface area contributed by atoms with Crippen molar-refractivity contribution in [2.24, 2.45) is 11.3 Å². The summed E-state index contributed by atoms with van der Waals surface area (Å²) in [7, 11) is -3.46. The molecule has 0 amide bonds. The van der Waals surface area contributed by atoms with Gasteiger partial charge in [-0.25, -0.2) is 13.1 Å². The molecule has 0 saturated heterocycles. The highest BCUT2D eigenvalue weighted by molar-refractivity contribution is 9.10. The second kappa shape index (κ2) is 5.35. The van der Waals surface area contributed by atoms with Gasteiger partial charge in [0.25, 0.3) is 0 Å². The van der Waals surface area contributed by atoms with Crippen LogP contribution in [-0.4, -0.2) is 15.0 Å². The molecular weight excluding hydrogens is 350 g/mol. The Morgan fingerprint density at radius 1 is 1.42 bits per heavy atom. The number of hydrogen-bond acceptors (Lipinski definition) is 2. The first-order valence-electron chi connectivity index (χ1n) is 6.22. The lowest BCUT2D eigenvalue weighted by atomic mass is 9.93. The molecule has 0 radical (unpaired) electrons. The van der Waals surface area contributed by atoms with E-state index in [9.17, 15) is 8.42 Å². The van der Waals surface area contributed by atoms with Crippen molar-refractivity contribution in [3.63, 3.8) is 0 Å². The fraction of sp³-hybridized carbons (Fsp3) is 0.538. The largest absolute Gasteiger partial charge is 0.240 e. The molecule has 1 saturated carbocycles. The molecule has 0 atom stereocenters. The Balaban J connectivity index is 2.12. The zero-order valence-electron chi connectivity index (χ0n) is 10.9. The second-order valence-electron chi connectivity index (χ2n) is 5.42. The number of hydrogen-bond donors (Lipinski definition) is 1. The molecule has 0 aromatic heterocycles. The van der Waals surface area contributed by atoms with E-state index in [-0.39, 0.29) is 10.3 Å². The van der Waals surface area contributed by atoms with Gasteiger partial charge in [0.1, 0.15) is 0 Å². The lowest BCUT2D eigenvalue weighted by Gasteiger charge is -2.20. The van der Waals surface area contributed by atoms with Crippen LogP contribution in [0.3, 0.4) is 0 Å². The van der Waals surface area contributed by atoms with Crippen molar-refractivity contribution in [1.29, 1.82) is 0 Å². The van der Waals surface area contributed by atoms with Gasteiger partial charge < -0.3 is 0 Å². The third-order valence-corrected chi connectivity index (χ3v) is 6.55. The standard InChI is InChI=1S/C13H17BrClNO2S/c1-9(2)13(5-6-13)8-16-19(17,18)10-3-4-12(15)11(14)7-10/h3-4,7,9,16H,5-6,8H2,1-2H3. The third kappa shape index (κ3) is 3.32. The van der Waals surface area contributed by atoms with Crippen LogP contribution in [0.4, 0.5) is 0 Å². The number of nitrogens with one attached hydrogen (secondary N) is 1. The molecule has 106 valence electrons. The Morgan fingerprint density at radius 3 is 2.53 bits per heavy atom. The Bertz CT molecular complexity index is 582. The summed E-state index contributed by atoms with van der Waals surface area (Å²) < 4.78 is 27.7. The average molecular weight is 367 g/mol. The van der Waals surface area contributed by atoms with Gasteiger partial charge in [0, 0.05) is 11.0 Å². The Morgan fingerprint density at radius 2 is 2.05 bits per heavy atom. The summed E-state index contributed by atoms with van der Waals surface area (Å²) in [6.45, 7) is 4.79. The molecule has 0 bridgehead atoms. The zero-order chi connectivity index (χ0) is 14.3. The van der Waals surface area contributed by atoms with Gasteiger partial charge in [-0.1, -0.05) is 25.4 Å². The quantitative estimate of drug-likeness (QED) is 0.861. The Labute approximate surface area is 127 Å². The number of halogens is 2. The van der Waals surface area contributed by atoms with E-state index >= 15 is 0 Å². The Hall–Kier alpha value is -0.100. The summed E-state index contributed by atoms with van der Waals surface area (Å²) >= 11 is 9.11. The minimum atomic E-state index is -3.46. The van der Waals surface area contributed by atoms with E-state index in [0.717, 1.165) is 12.8 Å². The first-order valence-corrected chi connectivity index (χ1v) is 8.87. The maximum absolute atomic E-state index is 12.2. The van der Waals surface area contributed by atoms with E-state index in [2.05, 4.69) is 34.5 Å². The van der Waals surface area contributed by atoms with Gasteiger partial charge in [-0.15, -0.1) is 0 Å². The van der Waals surface area contributed by atoms with Crippen molar-refractivity contribution in [1.82, 2.24) is 4.72 Å². The van der Waals surface area contributed by atoms with Crippen molar-refractivity contribution in [3.05, 3.63) is 27.7 Å². The molecule has 1 fully saturated rings. The van der Waals surface area contributed by atoms with Crippen LogP contribution in [-0.2, 0) is 10.0 Å². The van der Waals surface area contributed by atoms with E-state index in [1.165, 1.54) is 12.1 Å². The van der Waals surface area contributed by atoms with Gasteiger partial charge in [-0.3, -0.25) is 0 Å². The summed E-state index contributed by atoms with van der Waals surface area (Å²) in [6, 6.07) is 4.62. The summed E-state index contributed by atoms with van der Waals surface area (Å²) in [5.41, 5.74) is 0.150. The highest BCUT2D eigenvalue weighted by Crippen LogP contribution is 2.51. The van der Waals surface area contributed by atoms with Crippen molar-refractivity contribution < 1.29 is 8.42 Å². The van der Waals surface area contributed by atoms with Gasteiger partial charge in [0.15, 0.2) is 0 Å². The maximum Gasteiger partial charge on any atom is 0.240 e. The number of sulfonamides is 1. The molecule has 0 aliphatic heterocycles. The predicted octanol–water partition coefficient (Wildman–Crippen LogP) is 3.82. The molecule has 1 aliphatic carbocycles. The molecule has 1 aliphatic rings. The molecule has 2 rings (SSSR count). The van der Waals surface area contributed by atoms with Crippen LogP contribution < -0.4 is 4.72 Å². The maximum atomic E-state index is 12.2. The van der Waals surface area contributed by atoms with E-state index < -0.39 is 10.0 Å². The van der Waals surface area contributed by atoms with E-state index in [0.29, 0.717) is 22.0 Å². The van der Waals surface area contributed by atoms with Gasteiger partial charge in [-0.05, 0) is 58.3 Å². The molecule has 3 nitrogen and oxygen atoms in total. The first-order chi connectivity index (χ1) is 8.77. The van der Waals surface area contributed by atoms with Crippen LogP contribution >= 0.6 is 27.5 Å². The number of rotatable bonds is 5. The highest BCUT2D eigenvalue weighted by atomic mass is 79.9. The molecule has 19 heavy (non-hydrogen) atoms. The van der Waals surface area contributed by atoms with Gasteiger partial charge in [0.05, 0.1) is 9.92 Å². The molecule has 6 heteroatoms. The fourth-order valence-electron chi connectivity index (χ4n) is 2.08. The van der Waals surface area contributed by atoms with Crippen LogP contribution in [0.5, 0.6) is 0 Å². The molecular formula is C13H17BrClNO2S. The summed E-state index contributed by atoms with van der Waals surface area (Å²) in [6.07, 6.45) is 2.19. The predicted molar refractivity (Wildman–Crippen MR) is 80.8 cm³/mol. The smallest absolute Gasteiger partial charge is 0.211 e. The summed E-state index contributed by atoms with van der Waals surface area (Å²) in [5, 5.41) is 0.500. The molecule has 0 heterocycles. The summed E-state index contributed by atoms with van der Waals surface area (Å²) in [4.78, 5) is 0.239. The minimum absolute atomic E-state index is 0.150. The van der Waals surface area contributed by atoms with Crippen molar-refractivity contribution >= 4 is 37.6 Å². The van der Waals surface area contributed by atoms with E-state index in [4.69, 9.17) is 11.6 Å². The average Bonchev–Trinajstić information content (AvgIpc) is 3.11. The van der Waals surface area contributed by atoms with Gasteiger partial charge in [0.2, 0.25) is 10.0 Å². The lowest BCUT2D eigenvalue weighted by Crippen LogP contribution is -2.32. The highest BCUT2D eigenvalue weighted by Gasteiger charge is 2.45. The second-order valence-corrected chi connectivity index (χ2v) is 8.45. The fourth-order valence-corrected chi connectivity index (χ4v) is 3.90. The van der Waals surface area contributed by atoms with Crippen molar-refractivity contribution in [2.75, 3.05) is 6.54 Å². The van der Waals surface area contributed by atoms with Crippen LogP contribution in [0.25, 0.3) is 0 Å². The Kier molecular flexibility index (Phi) is 4.31. The first kappa shape index (κ1) is 15.3. The SMILES string of the molecule is CC(C)C1(CNS(=O)(=O)c2ccc(Cl)c(Br)c2)CC1. The molecule has 0 unspecified atom stereocenters. The van der Waals surface area contributed by atoms with Crippen molar-refractivity contribution in [2.45, 2.75) is 31.6 Å². The van der Waals surface area contributed by atoms with E-state index in [1.54, 1.807) is 6.07 Å². The zero-order valence-corrected chi connectivity index (χ0v) is 14.1. The monoisotopic (exact) mass is 365 g/mol. The van der Waals surface area contributed by atoms with Crippen LogP contribution in [0.2, 0.25) is 5.02 Å². The molecule has 1 N–H and O–H groups in total. The number of benzene rings is 1.